The first kappa shape index (κ1) is 17.4. The lowest BCUT2D eigenvalue weighted by Gasteiger charge is -2.35. The van der Waals surface area contributed by atoms with Crippen molar-refractivity contribution in [1.29, 1.82) is 0 Å². The average molecular weight is 334 g/mol. The van der Waals surface area contributed by atoms with Gasteiger partial charge in [-0.3, -0.25) is 9.69 Å². The topological polar surface area (TPSA) is 32.8 Å². The van der Waals surface area contributed by atoms with Crippen molar-refractivity contribution < 1.29 is 13.9 Å². The van der Waals surface area contributed by atoms with Crippen LogP contribution < -0.4 is 0 Å². The normalized spacial score (nSPS) is 25.2. The summed E-state index contributed by atoms with van der Waals surface area (Å²) in [6.45, 7) is 7.89. The fourth-order valence-corrected chi connectivity index (χ4v) is 3.69. The van der Waals surface area contributed by atoms with Crippen molar-refractivity contribution in [2.45, 2.75) is 45.3 Å². The molecule has 5 heteroatoms. The first-order valence-electron chi connectivity index (χ1n) is 8.89. The minimum Gasteiger partial charge on any atom is -0.373 e. The molecule has 2 saturated heterocycles. The molecule has 24 heavy (non-hydrogen) atoms. The zero-order chi connectivity index (χ0) is 17.1. The number of hydrogen-bond acceptors (Lipinski definition) is 3. The molecule has 0 radical (unpaired) electrons. The molecule has 0 aromatic heterocycles. The highest BCUT2D eigenvalue weighted by atomic mass is 19.1. The van der Waals surface area contributed by atoms with Crippen LogP contribution in [0.15, 0.2) is 18.2 Å². The molecule has 132 valence electrons. The second kappa shape index (κ2) is 7.62. The monoisotopic (exact) mass is 334 g/mol. The van der Waals surface area contributed by atoms with Gasteiger partial charge >= 0.3 is 0 Å². The lowest BCUT2D eigenvalue weighted by Crippen LogP contribution is -2.49. The van der Waals surface area contributed by atoms with E-state index in [0.717, 1.165) is 57.5 Å². The number of aryl methyl sites for hydroxylation is 1. The predicted molar refractivity (Wildman–Crippen MR) is 91.4 cm³/mol. The third-order valence-electron chi connectivity index (χ3n) is 5.16. The van der Waals surface area contributed by atoms with Crippen LogP contribution in [0.1, 0.15) is 30.9 Å². The zero-order valence-corrected chi connectivity index (χ0v) is 14.6. The lowest BCUT2D eigenvalue weighted by molar-refractivity contribution is -0.130. The van der Waals surface area contributed by atoms with Gasteiger partial charge < -0.3 is 9.64 Å². The van der Waals surface area contributed by atoms with Crippen LogP contribution in [0.4, 0.5) is 4.39 Å². The molecule has 3 rings (SSSR count). The van der Waals surface area contributed by atoms with Crippen molar-refractivity contribution in [3.05, 3.63) is 35.1 Å². The highest BCUT2D eigenvalue weighted by Crippen LogP contribution is 2.24. The van der Waals surface area contributed by atoms with Gasteiger partial charge in [-0.05, 0) is 43.4 Å². The van der Waals surface area contributed by atoms with E-state index in [1.165, 1.54) is 0 Å². The Hall–Kier alpha value is -1.46. The van der Waals surface area contributed by atoms with Crippen LogP contribution in [0.5, 0.6) is 0 Å². The summed E-state index contributed by atoms with van der Waals surface area (Å²) in [7, 11) is 0. The van der Waals surface area contributed by atoms with Crippen LogP contribution in [0, 0.1) is 12.7 Å². The first-order valence-corrected chi connectivity index (χ1v) is 8.89. The molecule has 1 aromatic carbocycles. The van der Waals surface area contributed by atoms with Crippen LogP contribution in [0.2, 0.25) is 0 Å². The fraction of sp³-hybridized carbons (Fsp3) is 0.632. The van der Waals surface area contributed by atoms with Crippen molar-refractivity contribution in [3.63, 3.8) is 0 Å². The van der Waals surface area contributed by atoms with Crippen LogP contribution in [0.25, 0.3) is 0 Å². The minimum atomic E-state index is -0.145. The molecule has 0 spiro atoms. The number of rotatable bonds is 4. The standard InChI is InChI=1S/C19H27FN2O2/c1-14-11-16(3-6-19(14)20)12-17-4-5-18(24-17)13-21-7-9-22(10-8-21)15(2)23/h3,6,11,17-18H,4-5,7-10,12-13H2,1-2H3/t17-,18+/m0/s1. The average Bonchev–Trinajstić information content (AvgIpc) is 2.98. The minimum absolute atomic E-state index is 0.145. The third kappa shape index (κ3) is 4.33. The van der Waals surface area contributed by atoms with Crippen molar-refractivity contribution in [2.75, 3.05) is 32.7 Å². The van der Waals surface area contributed by atoms with Crippen LogP contribution in [0.3, 0.4) is 0 Å². The van der Waals surface area contributed by atoms with Gasteiger partial charge in [-0.15, -0.1) is 0 Å². The Kier molecular flexibility index (Phi) is 5.51. The third-order valence-corrected chi connectivity index (χ3v) is 5.16. The molecular weight excluding hydrogens is 307 g/mol. The van der Waals surface area contributed by atoms with E-state index in [9.17, 15) is 9.18 Å². The van der Waals surface area contributed by atoms with E-state index in [4.69, 9.17) is 4.74 Å². The lowest BCUT2D eigenvalue weighted by atomic mass is 10.0. The summed E-state index contributed by atoms with van der Waals surface area (Å²) >= 11 is 0. The molecule has 2 heterocycles. The van der Waals surface area contributed by atoms with E-state index in [2.05, 4.69) is 4.90 Å². The number of carbonyl (C=O) groups is 1. The number of carbonyl (C=O) groups excluding carboxylic acids is 1. The Labute approximate surface area is 143 Å². The Morgan fingerprint density at radius 1 is 1.21 bits per heavy atom. The Morgan fingerprint density at radius 2 is 1.92 bits per heavy atom. The van der Waals surface area contributed by atoms with E-state index < -0.39 is 0 Å². The molecule has 0 unspecified atom stereocenters. The molecule has 2 aliphatic heterocycles. The Morgan fingerprint density at radius 3 is 2.58 bits per heavy atom. The van der Waals surface area contributed by atoms with Gasteiger partial charge in [0.2, 0.25) is 5.91 Å². The molecule has 4 nitrogen and oxygen atoms in total. The maximum absolute atomic E-state index is 13.4. The fourth-order valence-electron chi connectivity index (χ4n) is 3.69. The first-order chi connectivity index (χ1) is 11.5. The second-order valence-electron chi connectivity index (χ2n) is 7.05. The van der Waals surface area contributed by atoms with Gasteiger partial charge in [0.25, 0.3) is 0 Å². The van der Waals surface area contributed by atoms with E-state index in [1.807, 2.05) is 17.0 Å². The number of hydrogen-bond donors (Lipinski definition) is 0. The number of nitrogens with zero attached hydrogens (tertiary/aromatic N) is 2. The summed E-state index contributed by atoms with van der Waals surface area (Å²) in [5.74, 6) is 0.0232. The largest absolute Gasteiger partial charge is 0.373 e. The number of halogens is 1. The smallest absolute Gasteiger partial charge is 0.219 e. The van der Waals surface area contributed by atoms with Gasteiger partial charge in [-0.1, -0.05) is 12.1 Å². The van der Waals surface area contributed by atoms with Gasteiger partial charge in [0.1, 0.15) is 5.82 Å². The molecule has 2 aliphatic rings. The summed E-state index contributed by atoms with van der Waals surface area (Å²) in [5, 5.41) is 0. The summed E-state index contributed by atoms with van der Waals surface area (Å²) in [5.41, 5.74) is 1.85. The summed E-state index contributed by atoms with van der Waals surface area (Å²) in [6, 6.07) is 5.33. The molecule has 1 aromatic rings. The number of ether oxygens (including phenoxy) is 1. The molecule has 0 bridgehead atoms. The quantitative estimate of drug-likeness (QED) is 0.848. The number of benzene rings is 1. The van der Waals surface area contributed by atoms with Gasteiger partial charge in [0.15, 0.2) is 0 Å². The molecule has 0 aliphatic carbocycles. The van der Waals surface area contributed by atoms with Crippen LogP contribution >= 0.6 is 0 Å². The Bertz CT molecular complexity index is 585. The number of amides is 1. The molecular formula is C19H27FN2O2. The summed E-state index contributed by atoms with van der Waals surface area (Å²) in [6.07, 6.45) is 3.51. The maximum atomic E-state index is 13.4. The van der Waals surface area contributed by atoms with Crippen molar-refractivity contribution in [2.24, 2.45) is 0 Å². The molecule has 2 fully saturated rings. The SMILES string of the molecule is CC(=O)N1CCN(C[C@H]2CC[C@@H](Cc3ccc(F)c(C)c3)O2)CC1. The predicted octanol–water partition coefficient (Wildman–Crippen LogP) is 2.39. The molecule has 0 N–H and O–H groups in total. The second-order valence-corrected chi connectivity index (χ2v) is 7.05. The van der Waals surface area contributed by atoms with Gasteiger partial charge in [0, 0.05) is 39.6 Å². The van der Waals surface area contributed by atoms with Gasteiger partial charge in [0.05, 0.1) is 12.2 Å². The number of piperazine rings is 1. The molecule has 2 atom stereocenters. The Balaban J connectivity index is 1.44. The van der Waals surface area contributed by atoms with E-state index in [0.29, 0.717) is 5.56 Å². The molecule has 1 amide bonds. The van der Waals surface area contributed by atoms with Crippen molar-refractivity contribution in [1.82, 2.24) is 9.80 Å². The van der Waals surface area contributed by atoms with Crippen LogP contribution in [-0.4, -0.2) is 60.6 Å². The highest BCUT2D eigenvalue weighted by Gasteiger charge is 2.28. The van der Waals surface area contributed by atoms with Crippen molar-refractivity contribution in [3.8, 4) is 0 Å². The van der Waals surface area contributed by atoms with E-state index in [-0.39, 0.29) is 23.9 Å². The summed E-state index contributed by atoms with van der Waals surface area (Å²) in [4.78, 5) is 15.7. The van der Waals surface area contributed by atoms with Gasteiger partial charge in [-0.2, -0.15) is 0 Å². The maximum Gasteiger partial charge on any atom is 0.219 e. The van der Waals surface area contributed by atoms with Crippen LogP contribution in [-0.2, 0) is 16.0 Å². The van der Waals surface area contributed by atoms with Crippen molar-refractivity contribution >= 4 is 5.91 Å². The zero-order valence-electron chi connectivity index (χ0n) is 14.6. The molecule has 0 saturated carbocycles. The highest BCUT2D eigenvalue weighted by molar-refractivity contribution is 5.73. The van der Waals surface area contributed by atoms with E-state index in [1.54, 1.807) is 19.9 Å². The van der Waals surface area contributed by atoms with Gasteiger partial charge in [-0.25, -0.2) is 4.39 Å². The summed E-state index contributed by atoms with van der Waals surface area (Å²) < 4.78 is 19.5. The van der Waals surface area contributed by atoms with E-state index >= 15 is 0 Å².